The van der Waals surface area contributed by atoms with Gasteiger partial charge in [-0.15, -0.1) is 0 Å². The van der Waals surface area contributed by atoms with Gasteiger partial charge < -0.3 is 9.47 Å². The van der Waals surface area contributed by atoms with E-state index in [0.29, 0.717) is 17.8 Å². The van der Waals surface area contributed by atoms with Gasteiger partial charge in [-0.3, -0.25) is 4.79 Å². The zero-order chi connectivity index (χ0) is 15.4. The van der Waals surface area contributed by atoms with Crippen molar-refractivity contribution in [3.8, 4) is 0 Å². The van der Waals surface area contributed by atoms with Crippen LogP contribution in [0.25, 0.3) is 0 Å². The summed E-state index contributed by atoms with van der Waals surface area (Å²) < 4.78 is 11.6. The van der Waals surface area contributed by atoms with Crippen LogP contribution in [0.5, 0.6) is 0 Å². The maximum Gasteiger partial charge on any atom is 0.311 e. The van der Waals surface area contributed by atoms with E-state index in [2.05, 4.69) is 27.7 Å². The standard InChI is InChI=1S/C18H32O3/c1-5-6-9-20-16-11-15(16)18(19)21-17-10-13(4)7-8-14(17)12(2)3/h12-17H,5-11H2,1-4H3/t13-,14+,15+,16+,17-/m0/s1. The Labute approximate surface area is 129 Å². The fourth-order valence-electron chi connectivity index (χ4n) is 3.47. The van der Waals surface area contributed by atoms with Crippen LogP contribution in [0.3, 0.4) is 0 Å². The predicted octanol–water partition coefficient (Wildman–Crippen LogP) is 4.20. The van der Waals surface area contributed by atoms with Crippen molar-refractivity contribution >= 4 is 5.97 Å². The lowest BCUT2D eigenvalue weighted by atomic mass is 9.75. The van der Waals surface area contributed by atoms with Crippen molar-refractivity contribution in [2.45, 2.75) is 78.4 Å². The SMILES string of the molecule is CCCCO[C@@H]1C[C@H]1C(=O)O[C@H]1C[C@@H](C)CC[C@@H]1C(C)C. The van der Waals surface area contributed by atoms with E-state index in [1.807, 2.05) is 0 Å². The molecule has 2 aliphatic rings. The van der Waals surface area contributed by atoms with Crippen molar-refractivity contribution in [1.29, 1.82) is 0 Å². The monoisotopic (exact) mass is 296 g/mol. The molecular weight excluding hydrogens is 264 g/mol. The summed E-state index contributed by atoms with van der Waals surface area (Å²) in [7, 11) is 0. The second-order valence-electron chi connectivity index (χ2n) is 7.41. The van der Waals surface area contributed by atoms with E-state index >= 15 is 0 Å². The zero-order valence-corrected chi connectivity index (χ0v) is 14.1. The highest BCUT2D eigenvalue weighted by molar-refractivity contribution is 5.76. The first-order valence-corrected chi connectivity index (χ1v) is 8.85. The van der Waals surface area contributed by atoms with E-state index in [9.17, 15) is 4.79 Å². The van der Waals surface area contributed by atoms with Crippen LogP contribution in [0.2, 0.25) is 0 Å². The molecule has 2 saturated carbocycles. The van der Waals surface area contributed by atoms with Crippen LogP contribution in [0.15, 0.2) is 0 Å². The molecule has 3 heteroatoms. The average Bonchev–Trinajstić information content (AvgIpc) is 3.18. The Hall–Kier alpha value is -0.570. The van der Waals surface area contributed by atoms with Crippen molar-refractivity contribution in [2.75, 3.05) is 6.61 Å². The van der Waals surface area contributed by atoms with Gasteiger partial charge in [0.2, 0.25) is 0 Å². The molecule has 3 nitrogen and oxygen atoms in total. The molecule has 2 rings (SSSR count). The first-order valence-electron chi connectivity index (χ1n) is 8.85. The fraction of sp³-hybridized carbons (Fsp3) is 0.944. The van der Waals surface area contributed by atoms with E-state index < -0.39 is 0 Å². The summed E-state index contributed by atoms with van der Waals surface area (Å²) in [6.07, 6.45) is 6.81. The molecule has 0 N–H and O–H groups in total. The van der Waals surface area contributed by atoms with E-state index in [0.717, 1.165) is 32.3 Å². The van der Waals surface area contributed by atoms with Crippen molar-refractivity contribution in [1.82, 2.24) is 0 Å². The van der Waals surface area contributed by atoms with Gasteiger partial charge in [-0.1, -0.05) is 40.5 Å². The number of hydrogen-bond acceptors (Lipinski definition) is 3. The van der Waals surface area contributed by atoms with Gasteiger partial charge in [0.25, 0.3) is 0 Å². The first kappa shape index (κ1) is 16.8. The van der Waals surface area contributed by atoms with Crippen molar-refractivity contribution < 1.29 is 14.3 Å². The van der Waals surface area contributed by atoms with Crippen LogP contribution in [-0.4, -0.2) is 24.8 Å². The first-order chi connectivity index (χ1) is 10.0. The Kier molecular flexibility index (Phi) is 6.09. The summed E-state index contributed by atoms with van der Waals surface area (Å²) in [5.74, 6) is 1.79. The van der Waals surface area contributed by atoms with E-state index in [1.165, 1.54) is 12.8 Å². The van der Waals surface area contributed by atoms with Gasteiger partial charge in [0.1, 0.15) is 6.10 Å². The third kappa shape index (κ3) is 4.70. The summed E-state index contributed by atoms with van der Waals surface area (Å²) in [6.45, 7) is 9.69. The maximum atomic E-state index is 12.3. The topological polar surface area (TPSA) is 35.5 Å². The Morgan fingerprint density at radius 3 is 2.62 bits per heavy atom. The highest BCUT2D eigenvalue weighted by Gasteiger charge is 2.47. The molecule has 0 aliphatic heterocycles. The zero-order valence-electron chi connectivity index (χ0n) is 14.1. The lowest BCUT2D eigenvalue weighted by Gasteiger charge is -2.36. The second kappa shape index (κ2) is 7.62. The van der Waals surface area contributed by atoms with Crippen LogP contribution in [0.1, 0.15) is 66.2 Å². The molecule has 0 aromatic carbocycles. The van der Waals surface area contributed by atoms with Gasteiger partial charge in [-0.05, 0) is 43.4 Å². The Morgan fingerprint density at radius 1 is 1.19 bits per heavy atom. The summed E-state index contributed by atoms with van der Waals surface area (Å²) >= 11 is 0. The molecule has 0 aromatic heterocycles. The summed E-state index contributed by atoms with van der Waals surface area (Å²) in [5.41, 5.74) is 0. The third-order valence-corrected chi connectivity index (χ3v) is 5.09. The molecule has 0 aromatic rings. The molecule has 2 aliphatic carbocycles. The van der Waals surface area contributed by atoms with Crippen LogP contribution in [0.4, 0.5) is 0 Å². The number of hydrogen-bond donors (Lipinski definition) is 0. The normalized spacial score (nSPS) is 35.8. The number of esters is 1. The van der Waals surface area contributed by atoms with Gasteiger partial charge >= 0.3 is 5.97 Å². The molecule has 0 unspecified atom stereocenters. The van der Waals surface area contributed by atoms with Crippen molar-refractivity contribution in [2.24, 2.45) is 23.7 Å². The van der Waals surface area contributed by atoms with E-state index in [1.54, 1.807) is 0 Å². The summed E-state index contributed by atoms with van der Waals surface area (Å²) in [5, 5.41) is 0. The van der Waals surface area contributed by atoms with Crippen molar-refractivity contribution in [3.63, 3.8) is 0 Å². The number of unbranched alkanes of at least 4 members (excludes halogenated alkanes) is 1. The Bertz CT molecular complexity index is 339. The smallest absolute Gasteiger partial charge is 0.311 e. The molecule has 5 atom stereocenters. The molecule has 122 valence electrons. The lowest BCUT2D eigenvalue weighted by molar-refractivity contribution is -0.158. The molecule has 0 spiro atoms. The summed E-state index contributed by atoms with van der Waals surface area (Å²) in [6, 6.07) is 0. The molecule has 0 saturated heterocycles. The minimum absolute atomic E-state index is 0.00639. The third-order valence-electron chi connectivity index (χ3n) is 5.09. The molecule has 0 bridgehead atoms. The van der Waals surface area contributed by atoms with Crippen LogP contribution in [-0.2, 0) is 14.3 Å². The van der Waals surface area contributed by atoms with Gasteiger partial charge in [0.15, 0.2) is 0 Å². The highest BCUT2D eigenvalue weighted by Crippen LogP contribution is 2.39. The van der Waals surface area contributed by atoms with E-state index in [4.69, 9.17) is 9.47 Å². The van der Waals surface area contributed by atoms with Crippen LogP contribution >= 0.6 is 0 Å². The molecule has 0 amide bonds. The van der Waals surface area contributed by atoms with Gasteiger partial charge in [-0.2, -0.15) is 0 Å². The molecule has 0 heterocycles. The number of carbonyl (C=O) groups excluding carboxylic acids is 1. The molecule has 0 radical (unpaired) electrons. The second-order valence-corrected chi connectivity index (χ2v) is 7.41. The Morgan fingerprint density at radius 2 is 1.95 bits per heavy atom. The predicted molar refractivity (Wildman–Crippen MR) is 84.0 cm³/mol. The average molecular weight is 296 g/mol. The minimum Gasteiger partial charge on any atom is -0.462 e. The molecule has 2 fully saturated rings. The highest BCUT2D eigenvalue weighted by atomic mass is 16.6. The van der Waals surface area contributed by atoms with Crippen LogP contribution < -0.4 is 0 Å². The molecule has 21 heavy (non-hydrogen) atoms. The van der Waals surface area contributed by atoms with Gasteiger partial charge in [-0.25, -0.2) is 0 Å². The summed E-state index contributed by atoms with van der Waals surface area (Å²) in [4.78, 5) is 12.3. The maximum absolute atomic E-state index is 12.3. The van der Waals surface area contributed by atoms with Gasteiger partial charge in [0, 0.05) is 6.61 Å². The quantitative estimate of drug-likeness (QED) is 0.522. The number of carbonyl (C=O) groups is 1. The number of rotatable bonds is 7. The Balaban J connectivity index is 1.78. The minimum atomic E-state index is -0.0127. The van der Waals surface area contributed by atoms with Crippen LogP contribution in [0, 0.1) is 23.7 Å². The molecular formula is C18H32O3. The lowest BCUT2D eigenvalue weighted by Crippen LogP contribution is -2.36. The van der Waals surface area contributed by atoms with Crippen molar-refractivity contribution in [3.05, 3.63) is 0 Å². The largest absolute Gasteiger partial charge is 0.462 e. The van der Waals surface area contributed by atoms with E-state index in [-0.39, 0.29) is 24.1 Å². The van der Waals surface area contributed by atoms with Gasteiger partial charge in [0.05, 0.1) is 12.0 Å². The fourth-order valence-corrected chi connectivity index (χ4v) is 3.47. The number of ether oxygens (including phenoxy) is 2.